The molecule has 0 fully saturated rings. The monoisotopic (exact) mass is 252 g/mol. The minimum atomic E-state index is -0.206. The molecule has 0 aliphatic carbocycles. The summed E-state index contributed by atoms with van der Waals surface area (Å²) >= 11 is 0. The number of para-hydroxylation sites is 1. The van der Waals surface area contributed by atoms with E-state index in [1.165, 1.54) is 0 Å². The summed E-state index contributed by atoms with van der Waals surface area (Å²) in [7, 11) is 0. The number of hydrogen-bond acceptors (Lipinski definition) is 3. The Morgan fingerprint density at radius 3 is 2.89 bits per heavy atom. The van der Waals surface area contributed by atoms with Gasteiger partial charge in [-0.1, -0.05) is 12.1 Å². The molecule has 0 saturated heterocycles. The van der Waals surface area contributed by atoms with E-state index in [2.05, 4.69) is 20.5 Å². The van der Waals surface area contributed by atoms with E-state index in [0.29, 0.717) is 17.1 Å². The largest absolute Gasteiger partial charge is 0.305 e. The molecule has 5 nitrogen and oxygen atoms in total. The first-order valence-corrected chi connectivity index (χ1v) is 5.92. The molecule has 0 aliphatic rings. The maximum absolute atomic E-state index is 12.2. The topological polar surface area (TPSA) is 70.7 Å². The van der Waals surface area contributed by atoms with E-state index >= 15 is 0 Å². The molecule has 19 heavy (non-hydrogen) atoms. The van der Waals surface area contributed by atoms with Crippen molar-refractivity contribution in [3.63, 3.8) is 0 Å². The Labute approximate surface area is 109 Å². The highest BCUT2D eigenvalue weighted by atomic mass is 16.1. The molecule has 0 unspecified atom stereocenters. The van der Waals surface area contributed by atoms with Gasteiger partial charge >= 0.3 is 0 Å². The molecule has 0 saturated carbocycles. The van der Waals surface area contributed by atoms with Gasteiger partial charge in [0.15, 0.2) is 5.82 Å². The number of aryl methyl sites for hydroxylation is 1. The lowest BCUT2D eigenvalue weighted by atomic mass is 10.2. The minimum Gasteiger partial charge on any atom is -0.305 e. The average molecular weight is 252 g/mol. The van der Waals surface area contributed by atoms with Crippen molar-refractivity contribution < 1.29 is 4.79 Å². The number of rotatable bonds is 2. The van der Waals surface area contributed by atoms with Gasteiger partial charge in [-0.3, -0.25) is 14.9 Å². The summed E-state index contributed by atoms with van der Waals surface area (Å²) in [6, 6.07) is 11.1. The van der Waals surface area contributed by atoms with Gasteiger partial charge in [-0.05, 0) is 31.2 Å². The summed E-state index contributed by atoms with van der Waals surface area (Å²) in [5, 5.41) is 10.7. The lowest BCUT2D eigenvalue weighted by molar-refractivity contribution is 0.102. The Kier molecular flexibility index (Phi) is 2.72. The highest BCUT2D eigenvalue weighted by molar-refractivity contribution is 6.08. The first-order chi connectivity index (χ1) is 9.25. The zero-order valence-corrected chi connectivity index (χ0v) is 10.3. The molecular weight excluding hydrogens is 240 g/mol. The number of fused-ring (bicyclic) bond motifs is 1. The van der Waals surface area contributed by atoms with Crippen LogP contribution in [-0.4, -0.2) is 21.1 Å². The summed E-state index contributed by atoms with van der Waals surface area (Å²) in [6.45, 7) is 1.80. The molecule has 2 N–H and O–H groups in total. The molecule has 3 aromatic rings. The van der Waals surface area contributed by atoms with Crippen LogP contribution in [0.3, 0.4) is 0 Å². The van der Waals surface area contributed by atoms with Crippen molar-refractivity contribution in [2.75, 3.05) is 5.32 Å². The van der Waals surface area contributed by atoms with Crippen LogP contribution in [0.1, 0.15) is 16.1 Å². The number of anilines is 1. The fourth-order valence-corrected chi connectivity index (χ4v) is 1.96. The predicted molar refractivity (Wildman–Crippen MR) is 73.0 cm³/mol. The molecule has 2 heterocycles. The van der Waals surface area contributed by atoms with Gasteiger partial charge in [-0.2, -0.15) is 5.10 Å². The van der Waals surface area contributed by atoms with E-state index in [1.54, 1.807) is 25.3 Å². The molecule has 1 amide bonds. The maximum Gasteiger partial charge on any atom is 0.258 e. The van der Waals surface area contributed by atoms with E-state index in [1.807, 2.05) is 24.3 Å². The number of aromatic nitrogens is 3. The van der Waals surface area contributed by atoms with Crippen LogP contribution < -0.4 is 5.32 Å². The molecule has 1 aromatic carbocycles. The molecule has 0 radical (unpaired) electrons. The summed E-state index contributed by atoms with van der Waals surface area (Å²) in [5.41, 5.74) is 2.13. The summed E-state index contributed by atoms with van der Waals surface area (Å²) in [5.74, 6) is 0.326. The highest BCUT2D eigenvalue weighted by Gasteiger charge is 2.12. The smallest absolute Gasteiger partial charge is 0.258 e. The van der Waals surface area contributed by atoms with Crippen molar-refractivity contribution in [1.29, 1.82) is 0 Å². The maximum atomic E-state index is 12.2. The zero-order chi connectivity index (χ0) is 13.2. The third-order valence-corrected chi connectivity index (χ3v) is 2.95. The van der Waals surface area contributed by atoms with Gasteiger partial charge in [0.2, 0.25) is 0 Å². The Hall–Kier alpha value is -2.69. The molecule has 5 heteroatoms. The van der Waals surface area contributed by atoms with E-state index in [-0.39, 0.29) is 5.91 Å². The van der Waals surface area contributed by atoms with Crippen molar-refractivity contribution in [3.05, 3.63) is 53.9 Å². The van der Waals surface area contributed by atoms with E-state index in [9.17, 15) is 4.79 Å². The van der Waals surface area contributed by atoms with Crippen LogP contribution in [0.25, 0.3) is 10.9 Å². The molecule has 0 aliphatic heterocycles. The number of nitrogens with zero attached hydrogens (tertiary/aromatic N) is 2. The third-order valence-electron chi connectivity index (χ3n) is 2.95. The first kappa shape index (κ1) is 11.4. The van der Waals surface area contributed by atoms with Gasteiger partial charge < -0.3 is 5.32 Å². The van der Waals surface area contributed by atoms with Crippen LogP contribution >= 0.6 is 0 Å². The van der Waals surface area contributed by atoms with Crippen LogP contribution in [0.15, 0.2) is 42.6 Å². The minimum absolute atomic E-state index is 0.206. The van der Waals surface area contributed by atoms with Gasteiger partial charge in [0.25, 0.3) is 5.91 Å². The van der Waals surface area contributed by atoms with Crippen LogP contribution in [0.2, 0.25) is 0 Å². The van der Waals surface area contributed by atoms with Crippen LogP contribution in [0.4, 0.5) is 5.82 Å². The number of nitrogens with one attached hydrogen (secondary N) is 2. The quantitative estimate of drug-likeness (QED) is 0.736. The molecule has 0 bridgehead atoms. The van der Waals surface area contributed by atoms with Gasteiger partial charge in [0.1, 0.15) is 0 Å². The number of amides is 1. The van der Waals surface area contributed by atoms with Crippen molar-refractivity contribution in [2.45, 2.75) is 6.92 Å². The van der Waals surface area contributed by atoms with Crippen molar-refractivity contribution in [2.24, 2.45) is 0 Å². The van der Waals surface area contributed by atoms with Crippen molar-refractivity contribution >= 4 is 22.6 Å². The number of benzene rings is 1. The van der Waals surface area contributed by atoms with Gasteiger partial charge in [0, 0.05) is 17.3 Å². The fraction of sp³-hybridized carbons (Fsp3) is 0.0714. The first-order valence-electron chi connectivity index (χ1n) is 5.92. The zero-order valence-electron chi connectivity index (χ0n) is 10.3. The standard InChI is InChI=1S/C14H12N4O/c1-9-10(6-4-8-15-9)14(19)16-13-11-5-2-3-7-12(11)17-18-13/h2-8H,1H3,(H2,16,17,18,19). The van der Waals surface area contributed by atoms with Gasteiger partial charge in [-0.25, -0.2) is 0 Å². The highest BCUT2D eigenvalue weighted by Crippen LogP contribution is 2.20. The van der Waals surface area contributed by atoms with E-state index in [0.717, 1.165) is 10.9 Å². The summed E-state index contributed by atoms with van der Waals surface area (Å²) < 4.78 is 0. The molecule has 0 atom stereocenters. The molecule has 3 rings (SSSR count). The number of carbonyl (C=O) groups excluding carboxylic acids is 1. The Morgan fingerprint density at radius 2 is 2.05 bits per heavy atom. The summed E-state index contributed by atoms with van der Waals surface area (Å²) in [6.07, 6.45) is 1.66. The van der Waals surface area contributed by atoms with Gasteiger partial charge in [0.05, 0.1) is 11.1 Å². The lowest BCUT2D eigenvalue weighted by Gasteiger charge is -2.04. The number of aromatic amines is 1. The number of H-pyrrole nitrogens is 1. The SMILES string of the molecule is Cc1ncccc1C(=O)Nc1n[nH]c2ccccc12. The average Bonchev–Trinajstić information content (AvgIpc) is 2.83. The second-order valence-corrected chi connectivity index (χ2v) is 4.21. The number of hydrogen-bond donors (Lipinski definition) is 2. The van der Waals surface area contributed by atoms with E-state index in [4.69, 9.17) is 0 Å². The van der Waals surface area contributed by atoms with Crippen LogP contribution in [0.5, 0.6) is 0 Å². The number of pyridine rings is 1. The number of carbonyl (C=O) groups is 1. The Bertz CT molecular complexity index is 748. The molecule has 94 valence electrons. The van der Waals surface area contributed by atoms with Crippen LogP contribution in [0, 0.1) is 6.92 Å². The Morgan fingerprint density at radius 1 is 1.21 bits per heavy atom. The molecular formula is C14H12N4O. The molecule has 2 aromatic heterocycles. The van der Waals surface area contributed by atoms with Crippen molar-refractivity contribution in [1.82, 2.24) is 15.2 Å². The molecule has 0 spiro atoms. The lowest BCUT2D eigenvalue weighted by Crippen LogP contribution is -2.14. The van der Waals surface area contributed by atoms with Crippen LogP contribution in [-0.2, 0) is 0 Å². The van der Waals surface area contributed by atoms with E-state index < -0.39 is 0 Å². The van der Waals surface area contributed by atoms with Gasteiger partial charge in [-0.15, -0.1) is 0 Å². The summed E-state index contributed by atoms with van der Waals surface area (Å²) in [4.78, 5) is 16.3. The van der Waals surface area contributed by atoms with Crippen molar-refractivity contribution in [3.8, 4) is 0 Å². The fourth-order valence-electron chi connectivity index (χ4n) is 1.96. The predicted octanol–water partition coefficient (Wildman–Crippen LogP) is 2.52. The second-order valence-electron chi connectivity index (χ2n) is 4.21. The second kappa shape index (κ2) is 4.53. The Balaban J connectivity index is 1.94. The normalized spacial score (nSPS) is 10.6. The third kappa shape index (κ3) is 2.06.